The molecule has 0 unspecified atom stereocenters. The van der Waals surface area contributed by atoms with Crippen LogP contribution in [0.2, 0.25) is 5.15 Å². The van der Waals surface area contributed by atoms with Crippen LogP contribution in [0.3, 0.4) is 0 Å². The molecule has 64 valence electrons. The standard InChI is InChI=1S/C7H6BrClN2O/c1-3(12)4-2-5(8)7(10)11-6(4)9/h2H,1H3,(H2,10,11). The van der Waals surface area contributed by atoms with Crippen molar-refractivity contribution in [3.63, 3.8) is 0 Å². The summed E-state index contributed by atoms with van der Waals surface area (Å²) in [5, 5.41) is 0.142. The fourth-order valence-corrected chi connectivity index (χ4v) is 1.32. The highest BCUT2D eigenvalue weighted by Gasteiger charge is 2.09. The lowest BCUT2D eigenvalue weighted by molar-refractivity contribution is 0.101. The number of nitrogen functional groups attached to an aromatic ring is 1. The molecular weight excluding hydrogens is 243 g/mol. The zero-order valence-corrected chi connectivity index (χ0v) is 8.61. The minimum atomic E-state index is -0.131. The van der Waals surface area contributed by atoms with E-state index in [2.05, 4.69) is 20.9 Å². The van der Waals surface area contributed by atoms with Crippen LogP contribution in [0.5, 0.6) is 0 Å². The Balaban J connectivity index is 3.33. The highest BCUT2D eigenvalue weighted by Crippen LogP contribution is 2.23. The molecule has 3 nitrogen and oxygen atoms in total. The molecule has 0 aliphatic heterocycles. The number of pyridine rings is 1. The van der Waals surface area contributed by atoms with Crippen molar-refractivity contribution >= 4 is 39.1 Å². The molecule has 0 fully saturated rings. The monoisotopic (exact) mass is 248 g/mol. The van der Waals surface area contributed by atoms with E-state index in [0.29, 0.717) is 10.0 Å². The molecule has 5 heteroatoms. The van der Waals surface area contributed by atoms with Crippen molar-refractivity contribution in [3.8, 4) is 0 Å². The minimum absolute atomic E-state index is 0.131. The van der Waals surface area contributed by atoms with Gasteiger partial charge in [0.05, 0.1) is 10.0 Å². The van der Waals surface area contributed by atoms with Gasteiger partial charge in [-0.15, -0.1) is 0 Å². The number of carbonyl (C=O) groups is 1. The average Bonchev–Trinajstić information content (AvgIpc) is 1.96. The minimum Gasteiger partial charge on any atom is -0.383 e. The van der Waals surface area contributed by atoms with Gasteiger partial charge in [-0.25, -0.2) is 4.98 Å². The van der Waals surface area contributed by atoms with Crippen LogP contribution in [0, 0.1) is 0 Å². The van der Waals surface area contributed by atoms with E-state index in [1.165, 1.54) is 6.92 Å². The number of halogens is 2. The van der Waals surface area contributed by atoms with E-state index >= 15 is 0 Å². The van der Waals surface area contributed by atoms with Crippen molar-refractivity contribution in [1.82, 2.24) is 4.98 Å². The van der Waals surface area contributed by atoms with Gasteiger partial charge >= 0.3 is 0 Å². The number of rotatable bonds is 1. The molecule has 0 amide bonds. The van der Waals surface area contributed by atoms with Gasteiger partial charge in [-0.1, -0.05) is 11.6 Å². The predicted octanol–water partition coefficient (Wildman–Crippen LogP) is 2.28. The van der Waals surface area contributed by atoms with Crippen molar-refractivity contribution in [2.45, 2.75) is 6.92 Å². The maximum Gasteiger partial charge on any atom is 0.162 e. The molecule has 0 spiro atoms. The second kappa shape index (κ2) is 3.41. The molecule has 0 bridgehead atoms. The Morgan fingerprint density at radius 1 is 1.75 bits per heavy atom. The van der Waals surface area contributed by atoms with Crippen LogP contribution in [0.4, 0.5) is 5.82 Å². The summed E-state index contributed by atoms with van der Waals surface area (Å²) < 4.78 is 0.581. The molecule has 1 aromatic rings. The summed E-state index contributed by atoms with van der Waals surface area (Å²) in [6.45, 7) is 1.42. The van der Waals surface area contributed by atoms with Crippen molar-refractivity contribution in [2.24, 2.45) is 0 Å². The van der Waals surface area contributed by atoms with Gasteiger partial charge in [0.25, 0.3) is 0 Å². The fourth-order valence-electron chi connectivity index (χ4n) is 0.726. The second-order valence-corrected chi connectivity index (χ2v) is 3.46. The van der Waals surface area contributed by atoms with Crippen LogP contribution in [-0.2, 0) is 0 Å². The van der Waals surface area contributed by atoms with Crippen LogP contribution in [0.1, 0.15) is 17.3 Å². The van der Waals surface area contributed by atoms with E-state index in [1.54, 1.807) is 6.07 Å². The lowest BCUT2D eigenvalue weighted by atomic mass is 10.2. The van der Waals surface area contributed by atoms with Crippen molar-refractivity contribution in [2.75, 3.05) is 5.73 Å². The third-order valence-corrected chi connectivity index (χ3v) is 2.26. The van der Waals surface area contributed by atoms with Gasteiger partial charge in [0, 0.05) is 0 Å². The fraction of sp³-hybridized carbons (Fsp3) is 0.143. The molecule has 0 aliphatic carbocycles. The summed E-state index contributed by atoms with van der Waals surface area (Å²) in [7, 11) is 0. The van der Waals surface area contributed by atoms with E-state index in [9.17, 15) is 4.79 Å². The first kappa shape index (κ1) is 9.48. The number of Topliss-reactive ketones (excluding diaryl/α,β-unsaturated/α-hetero) is 1. The summed E-state index contributed by atoms with van der Waals surface area (Å²) in [6.07, 6.45) is 0. The van der Waals surface area contributed by atoms with Crippen molar-refractivity contribution in [1.29, 1.82) is 0 Å². The molecular formula is C7H6BrClN2O. The largest absolute Gasteiger partial charge is 0.383 e. The molecule has 0 radical (unpaired) electrons. The Bertz CT molecular complexity index is 340. The first-order valence-corrected chi connectivity index (χ1v) is 4.32. The highest BCUT2D eigenvalue weighted by molar-refractivity contribution is 9.10. The van der Waals surface area contributed by atoms with Crippen LogP contribution in [0.25, 0.3) is 0 Å². The number of anilines is 1. The SMILES string of the molecule is CC(=O)c1cc(Br)c(N)nc1Cl. The Hall–Kier alpha value is -0.610. The molecule has 0 aliphatic rings. The zero-order chi connectivity index (χ0) is 9.30. The molecule has 1 rings (SSSR count). The average molecular weight is 249 g/mol. The second-order valence-electron chi connectivity index (χ2n) is 2.25. The van der Waals surface area contributed by atoms with Gasteiger partial charge in [0.15, 0.2) is 5.78 Å². The lowest BCUT2D eigenvalue weighted by Crippen LogP contribution is -1.99. The quantitative estimate of drug-likeness (QED) is 0.614. The maximum absolute atomic E-state index is 10.9. The van der Waals surface area contributed by atoms with E-state index in [0.717, 1.165) is 0 Å². The van der Waals surface area contributed by atoms with Gasteiger partial charge in [0.1, 0.15) is 11.0 Å². The normalized spacial score (nSPS) is 9.92. The Labute approximate surface area is 83.1 Å². The van der Waals surface area contributed by atoms with E-state index in [1.807, 2.05) is 0 Å². The van der Waals surface area contributed by atoms with Gasteiger partial charge < -0.3 is 5.73 Å². The number of hydrogen-bond acceptors (Lipinski definition) is 3. The summed E-state index contributed by atoms with van der Waals surface area (Å²) in [4.78, 5) is 14.7. The molecule has 1 aromatic heterocycles. The topological polar surface area (TPSA) is 56.0 Å². The van der Waals surface area contributed by atoms with E-state index in [-0.39, 0.29) is 16.8 Å². The zero-order valence-electron chi connectivity index (χ0n) is 6.27. The third-order valence-electron chi connectivity index (χ3n) is 1.34. The van der Waals surface area contributed by atoms with Crippen LogP contribution in [-0.4, -0.2) is 10.8 Å². The summed E-state index contributed by atoms with van der Waals surface area (Å²) >= 11 is 8.81. The van der Waals surface area contributed by atoms with Crippen molar-refractivity contribution < 1.29 is 4.79 Å². The Morgan fingerprint density at radius 3 is 2.83 bits per heavy atom. The summed E-state index contributed by atoms with van der Waals surface area (Å²) in [6, 6.07) is 1.56. The number of ketones is 1. The molecule has 0 saturated heterocycles. The summed E-state index contributed by atoms with van der Waals surface area (Å²) in [5.74, 6) is 0.151. The third kappa shape index (κ3) is 1.76. The number of carbonyl (C=O) groups excluding carboxylic acids is 1. The highest BCUT2D eigenvalue weighted by atomic mass is 79.9. The molecule has 0 aromatic carbocycles. The van der Waals surface area contributed by atoms with Gasteiger partial charge in [-0.05, 0) is 28.9 Å². The number of nitrogens with zero attached hydrogens (tertiary/aromatic N) is 1. The first-order chi connectivity index (χ1) is 5.52. The van der Waals surface area contributed by atoms with Crippen LogP contribution >= 0.6 is 27.5 Å². The number of hydrogen-bond donors (Lipinski definition) is 1. The molecule has 2 N–H and O–H groups in total. The number of nitrogens with two attached hydrogens (primary N) is 1. The van der Waals surface area contributed by atoms with E-state index < -0.39 is 0 Å². The predicted molar refractivity (Wildman–Crippen MR) is 51.4 cm³/mol. The first-order valence-electron chi connectivity index (χ1n) is 3.15. The summed E-state index contributed by atoms with van der Waals surface area (Å²) in [5.41, 5.74) is 5.81. The number of aromatic nitrogens is 1. The van der Waals surface area contributed by atoms with Gasteiger partial charge in [-0.3, -0.25) is 4.79 Å². The Morgan fingerprint density at radius 2 is 2.33 bits per heavy atom. The lowest BCUT2D eigenvalue weighted by Gasteiger charge is -2.01. The van der Waals surface area contributed by atoms with Gasteiger partial charge in [0.2, 0.25) is 0 Å². The Kier molecular flexibility index (Phi) is 2.69. The van der Waals surface area contributed by atoms with Crippen LogP contribution < -0.4 is 5.73 Å². The van der Waals surface area contributed by atoms with Gasteiger partial charge in [-0.2, -0.15) is 0 Å². The molecule has 0 atom stereocenters. The molecule has 0 saturated carbocycles. The van der Waals surface area contributed by atoms with E-state index in [4.69, 9.17) is 17.3 Å². The maximum atomic E-state index is 10.9. The van der Waals surface area contributed by atoms with Crippen LogP contribution in [0.15, 0.2) is 10.5 Å². The smallest absolute Gasteiger partial charge is 0.162 e. The van der Waals surface area contributed by atoms with Crippen molar-refractivity contribution in [3.05, 3.63) is 21.3 Å². The molecule has 12 heavy (non-hydrogen) atoms. The molecule has 1 heterocycles.